The minimum absolute atomic E-state index is 0.0890. The van der Waals surface area contributed by atoms with Gasteiger partial charge in [-0.1, -0.05) is 6.07 Å². The quantitative estimate of drug-likeness (QED) is 0.826. The highest BCUT2D eigenvalue weighted by molar-refractivity contribution is 9.10. The molecule has 2 rings (SSSR count). The Morgan fingerprint density at radius 2 is 2.20 bits per heavy atom. The Morgan fingerprint density at radius 1 is 1.33 bits per heavy atom. The number of hydrogen-bond donors (Lipinski definition) is 0. The molecule has 5 heteroatoms. The summed E-state index contributed by atoms with van der Waals surface area (Å²) >= 11 is 3.15. The molecule has 0 unspecified atom stereocenters. The Bertz CT molecular complexity index is 510. The molecule has 0 saturated carbocycles. The molecule has 0 radical (unpaired) electrons. The number of halogens is 1. The summed E-state index contributed by atoms with van der Waals surface area (Å²) in [5, 5.41) is 0. The van der Waals surface area contributed by atoms with E-state index in [1.807, 2.05) is 12.1 Å². The zero-order valence-electron chi connectivity index (χ0n) is 7.80. The lowest BCUT2D eigenvalue weighted by atomic mass is 10.3. The van der Waals surface area contributed by atoms with E-state index in [0.29, 0.717) is 11.0 Å². The number of aromatic nitrogens is 3. The average molecular weight is 266 g/mol. The summed E-state index contributed by atoms with van der Waals surface area (Å²) in [5.74, 6) is 0. The predicted octanol–water partition coefficient (Wildman–Crippen LogP) is 1.45. The zero-order valence-corrected chi connectivity index (χ0v) is 9.39. The fourth-order valence-corrected chi connectivity index (χ4v) is 1.57. The first-order valence-corrected chi connectivity index (χ1v) is 5.15. The van der Waals surface area contributed by atoms with Crippen LogP contribution in [-0.4, -0.2) is 14.5 Å². The van der Waals surface area contributed by atoms with Crippen molar-refractivity contribution in [3.05, 3.63) is 57.4 Å². The minimum Gasteiger partial charge on any atom is -0.294 e. The van der Waals surface area contributed by atoms with Gasteiger partial charge < -0.3 is 0 Å². The van der Waals surface area contributed by atoms with Crippen molar-refractivity contribution in [1.29, 1.82) is 0 Å². The first-order chi connectivity index (χ1) is 7.27. The molecule has 0 saturated heterocycles. The lowest BCUT2D eigenvalue weighted by molar-refractivity contribution is 0.728. The molecule has 0 aromatic carbocycles. The highest BCUT2D eigenvalue weighted by Crippen LogP contribution is 2.01. The van der Waals surface area contributed by atoms with E-state index in [-0.39, 0.29) is 5.56 Å². The van der Waals surface area contributed by atoms with Crippen LogP contribution in [0.1, 0.15) is 5.56 Å². The molecule has 2 aromatic rings. The van der Waals surface area contributed by atoms with E-state index in [2.05, 4.69) is 25.9 Å². The van der Waals surface area contributed by atoms with Crippen molar-refractivity contribution in [2.24, 2.45) is 0 Å². The van der Waals surface area contributed by atoms with Crippen LogP contribution in [0, 0.1) is 0 Å². The van der Waals surface area contributed by atoms with Crippen molar-refractivity contribution < 1.29 is 0 Å². The number of nitrogens with zero attached hydrogens (tertiary/aromatic N) is 3. The molecule has 0 bridgehead atoms. The monoisotopic (exact) mass is 265 g/mol. The zero-order chi connectivity index (χ0) is 10.7. The molecule has 4 nitrogen and oxygen atoms in total. The third-order valence-corrected chi connectivity index (χ3v) is 2.48. The van der Waals surface area contributed by atoms with E-state index in [1.165, 1.54) is 17.1 Å². The molecule has 0 fully saturated rings. The van der Waals surface area contributed by atoms with Gasteiger partial charge in [0.05, 0.1) is 12.9 Å². The Kier molecular flexibility index (Phi) is 2.91. The van der Waals surface area contributed by atoms with E-state index < -0.39 is 0 Å². The van der Waals surface area contributed by atoms with E-state index in [1.54, 1.807) is 12.4 Å². The molecule has 76 valence electrons. The summed E-state index contributed by atoms with van der Waals surface area (Å²) in [6.45, 7) is 0.485. The largest absolute Gasteiger partial charge is 0.294 e. The molecule has 0 spiro atoms. The van der Waals surface area contributed by atoms with Gasteiger partial charge in [-0.25, -0.2) is 4.98 Å². The van der Waals surface area contributed by atoms with Gasteiger partial charge in [0.2, 0.25) is 0 Å². The second-order valence-electron chi connectivity index (χ2n) is 3.04. The summed E-state index contributed by atoms with van der Waals surface area (Å²) < 4.78 is 2.00. The van der Waals surface area contributed by atoms with Gasteiger partial charge in [0.1, 0.15) is 4.47 Å². The SMILES string of the molecule is O=c1c(Br)cncn1Cc1cccnc1. The standard InChI is InChI=1S/C10H8BrN3O/c11-9-5-13-7-14(10(9)15)6-8-2-1-3-12-4-8/h1-5,7H,6H2. The summed E-state index contributed by atoms with van der Waals surface area (Å²) in [7, 11) is 0. The van der Waals surface area contributed by atoms with E-state index in [0.717, 1.165) is 5.56 Å². The first-order valence-electron chi connectivity index (χ1n) is 4.36. The molecule has 15 heavy (non-hydrogen) atoms. The van der Waals surface area contributed by atoms with Crippen LogP contribution in [0.15, 0.2) is 46.3 Å². The predicted molar refractivity (Wildman–Crippen MR) is 59.5 cm³/mol. The van der Waals surface area contributed by atoms with E-state index in [9.17, 15) is 4.79 Å². The average Bonchev–Trinajstić information content (AvgIpc) is 2.26. The summed E-state index contributed by atoms with van der Waals surface area (Å²) in [4.78, 5) is 19.6. The molecule has 0 aliphatic carbocycles. The van der Waals surface area contributed by atoms with Gasteiger partial charge in [0, 0.05) is 18.6 Å². The molecule has 0 N–H and O–H groups in total. The molecule has 0 aliphatic heterocycles. The molecule has 2 aromatic heterocycles. The van der Waals surface area contributed by atoms with Gasteiger partial charge in [-0.2, -0.15) is 0 Å². The van der Waals surface area contributed by atoms with Crippen LogP contribution in [0.5, 0.6) is 0 Å². The van der Waals surface area contributed by atoms with Gasteiger partial charge in [0.25, 0.3) is 5.56 Å². The van der Waals surface area contributed by atoms with Crippen LogP contribution >= 0.6 is 15.9 Å². The van der Waals surface area contributed by atoms with Crippen molar-refractivity contribution in [3.63, 3.8) is 0 Å². The van der Waals surface area contributed by atoms with Crippen LogP contribution in [0.25, 0.3) is 0 Å². The molecule has 0 aliphatic rings. The van der Waals surface area contributed by atoms with E-state index in [4.69, 9.17) is 0 Å². The van der Waals surface area contributed by atoms with Crippen molar-refractivity contribution >= 4 is 15.9 Å². The highest BCUT2D eigenvalue weighted by Gasteiger charge is 2.01. The van der Waals surface area contributed by atoms with Gasteiger partial charge in [-0.05, 0) is 27.6 Å². The minimum atomic E-state index is -0.0890. The van der Waals surface area contributed by atoms with Crippen molar-refractivity contribution in [1.82, 2.24) is 14.5 Å². The maximum absolute atomic E-state index is 11.6. The Morgan fingerprint density at radius 3 is 2.93 bits per heavy atom. The lowest BCUT2D eigenvalue weighted by Crippen LogP contribution is -2.21. The smallest absolute Gasteiger partial charge is 0.267 e. The third-order valence-electron chi connectivity index (χ3n) is 1.93. The van der Waals surface area contributed by atoms with Crippen LogP contribution in [0.4, 0.5) is 0 Å². The van der Waals surface area contributed by atoms with E-state index >= 15 is 0 Å². The van der Waals surface area contributed by atoms with Gasteiger partial charge in [0.15, 0.2) is 0 Å². The topological polar surface area (TPSA) is 47.8 Å². The maximum Gasteiger partial charge on any atom is 0.267 e. The van der Waals surface area contributed by atoms with Crippen LogP contribution in [0.3, 0.4) is 0 Å². The molecular weight excluding hydrogens is 258 g/mol. The Labute approximate surface area is 94.8 Å². The highest BCUT2D eigenvalue weighted by atomic mass is 79.9. The molecular formula is C10H8BrN3O. The lowest BCUT2D eigenvalue weighted by Gasteiger charge is -2.04. The van der Waals surface area contributed by atoms with Crippen molar-refractivity contribution in [2.45, 2.75) is 6.54 Å². The van der Waals surface area contributed by atoms with Crippen LogP contribution in [-0.2, 0) is 6.54 Å². The van der Waals surface area contributed by atoms with Gasteiger partial charge in [-0.3, -0.25) is 14.3 Å². The Hall–Kier alpha value is -1.49. The normalized spacial score (nSPS) is 10.2. The maximum atomic E-state index is 11.6. The van der Waals surface area contributed by atoms with Crippen LogP contribution < -0.4 is 5.56 Å². The molecule has 2 heterocycles. The molecule has 0 atom stereocenters. The number of pyridine rings is 1. The second-order valence-corrected chi connectivity index (χ2v) is 3.89. The third kappa shape index (κ3) is 2.30. The van der Waals surface area contributed by atoms with Crippen molar-refractivity contribution in [2.75, 3.05) is 0 Å². The Balaban J connectivity index is 2.33. The molecule has 0 amide bonds. The van der Waals surface area contributed by atoms with Crippen molar-refractivity contribution in [3.8, 4) is 0 Å². The number of rotatable bonds is 2. The summed E-state index contributed by atoms with van der Waals surface area (Å²) in [5.41, 5.74) is 0.883. The summed E-state index contributed by atoms with van der Waals surface area (Å²) in [6.07, 6.45) is 6.43. The number of hydrogen-bond acceptors (Lipinski definition) is 3. The summed E-state index contributed by atoms with van der Waals surface area (Å²) in [6, 6.07) is 3.76. The van der Waals surface area contributed by atoms with Gasteiger partial charge in [-0.15, -0.1) is 0 Å². The van der Waals surface area contributed by atoms with Gasteiger partial charge >= 0.3 is 0 Å². The van der Waals surface area contributed by atoms with Crippen LogP contribution in [0.2, 0.25) is 0 Å². The fraction of sp³-hybridized carbons (Fsp3) is 0.100. The fourth-order valence-electron chi connectivity index (χ4n) is 1.23. The first kappa shape index (κ1) is 10.0. The second kappa shape index (κ2) is 4.35.